The van der Waals surface area contributed by atoms with E-state index in [0.29, 0.717) is 6.42 Å². The number of H-pyrrole nitrogens is 1. The van der Waals surface area contributed by atoms with E-state index in [4.69, 9.17) is 0 Å². The summed E-state index contributed by atoms with van der Waals surface area (Å²) in [6, 6.07) is 14.2. The van der Waals surface area contributed by atoms with Gasteiger partial charge in [-0.15, -0.1) is 0 Å². The van der Waals surface area contributed by atoms with E-state index in [1.807, 2.05) is 36.5 Å². The maximum absolute atomic E-state index is 12.1. The standard InChI is InChI=1S/C18H23NO2/c1-18(2,21)17(20)13-15(16-9-6-12-19-16)11-10-14-7-4-3-5-8-14/h3-9,12,15,19,21H,10-11,13H2,1-2H3/t15-/m0/s1. The highest BCUT2D eigenvalue weighted by atomic mass is 16.3. The van der Waals surface area contributed by atoms with Crippen LogP contribution in [0.1, 0.15) is 43.9 Å². The molecular formula is C18H23NO2. The predicted molar refractivity (Wildman–Crippen MR) is 84.2 cm³/mol. The fourth-order valence-electron chi connectivity index (χ4n) is 2.42. The Labute approximate surface area is 126 Å². The van der Waals surface area contributed by atoms with Gasteiger partial charge in [0.1, 0.15) is 5.60 Å². The van der Waals surface area contributed by atoms with Gasteiger partial charge >= 0.3 is 0 Å². The summed E-state index contributed by atoms with van der Waals surface area (Å²) in [6.45, 7) is 3.11. The molecule has 2 rings (SSSR count). The van der Waals surface area contributed by atoms with Crippen molar-refractivity contribution in [1.82, 2.24) is 4.98 Å². The lowest BCUT2D eigenvalue weighted by molar-refractivity contribution is -0.134. The van der Waals surface area contributed by atoms with Crippen molar-refractivity contribution in [3.05, 3.63) is 59.9 Å². The number of ketones is 1. The first-order chi connectivity index (χ1) is 9.97. The number of Topliss-reactive ketones (excluding diaryl/α,β-unsaturated/α-hetero) is 1. The average Bonchev–Trinajstić information content (AvgIpc) is 2.97. The molecular weight excluding hydrogens is 262 g/mol. The summed E-state index contributed by atoms with van der Waals surface area (Å²) < 4.78 is 0. The number of aliphatic hydroxyl groups is 1. The van der Waals surface area contributed by atoms with E-state index in [2.05, 4.69) is 17.1 Å². The quantitative estimate of drug-likeness (QED) is 0.818. The predicted octanol–water partition coefficient (Wildman–Crippen LogP) is 3.46. The summed E-state index contributed by atoms with van der Waals surface area (Å²) in [5, 5.41) is 9.86. The zero-order valence-corrected chi connectivity index (χ0v) is 12.7. The number of hydrogen-bond donors (Lipinski definition) is 2. The maximum atomic E-state index is 12.1. The first-order valence-corrected chi connectivity index (χ1v) is 7.39. The van der Waals surface area contributed by atoms with Crippen LogP contribution in [0.3, 0.4) is 0 Å². The normalized spacial score (nSPS) is 13.1. The molecule has 0 saturated carbocycles. The van der Waals surface area contributed by atoms with Gasteiger partial charge in [-0.25, -0.2) is 0 Å². The number of nitrogens with one attached hydrogen (secondary N) is 1. The topological polar surface area (TPSA) is 53.1 Å². The van der Waals surface area contributed by atoms with Crippen LogP contribution >= 0.6 is 0 Å². The molecule has 0 aliphatic carbocycles. The number of carbonyl (C=O) groups excluding carboxylic acids is 1. The summed E-state index contributed by atoms with van der Waals surface area (Å²) >= 11 is 0. The molecule has 0 saturated heterocycles. The number of carbonyl (C=O) groups is 1. The van der Waals surface area contributed by atoms with Gasteiger partial charge in [-0.05, 0) is 44.4 Å². The van der Waals surface area contributed by atoms with E-state index in [0.717, 1.165) is 18.5 Å². The minimum absolute atomic E-state index is 0.110. The number of rotatable bonds is 7. The Bertz CT molecular complexity index is 553. The molecule has 0 aliphatic rings. The molecule has 1 aromatic carbocycles. The zero-order chi connectivity index (χ0) is 15.3. The van der Waals surface area contributed by atoms with E-state index in [-0.39, 0.29) is 11.7 Å². The van der Waals surface area contributed by atoms with Crippen LogP contribution in [0.25, 0.3) is 0 Å². The maximum Gasteiger partial charge on any atom is 0.164 e. The number of hydrogen-bond acceptors (Lipinski definition) is 2. The Balaban J connectivity index is 2.05. The SMILES string of the molecule is CC(C)(O)C(=O)C[C@H](CCc1ccccc1)c1ccc[nH]1. The van der Waals surface area contributed by atoms with Crippen molar-refractivity contribution in [3.8, 4) is 0 Å². The summed E-state index contributed by atoms with van der Waals surface area (Å²) in [5.74, 6) is -0.00528. The molecule has 112 valence electrons. The third-order valence-corrected chi connectivity index (χ3v) is 3.80. The Morgan fingerprint density at radius 2 is 1.90 bits per heavy atom. The lowest BCUT2D eigenvalue weighted by Gasteiger charge is -2.21. The van der Waals surface area contributed by atoms with E-state index < -0.39 is 5.60 Å². The van der Waals surface area contributed by atoms with Crippen LogP contribution in [0.2, 0.25) is 0 Å². The minimum Gasteiger partial charge on any atom is -0.383 e. The summed E-state index contributed by atoms with van der Waals surface area (Å²) in [7, 11) is 0. The highest BCUT2D eigenvalue weighted by molar-refractivity contribution is 5.86. The second-order valence-electron chi connectivity index (χ2n) is 6.03. The Morgan fingerprint density at radius 1 is 1.19 bits per heavy atom. The van der Waals surface area contributed by atoms with Gasteiger partial charge in [0.15, 0.2) is 5.78 Å². The van der Waals surface area contributed by atoms with Crippen molar-refractivity contribution < 1.29 is 9.90 Å². The minimum atomic E-state index is -1.27. The second kappa shape index (κ2) is 6.72. The summed E-state index contributed by atoms with van der Waals surface area (Å²) in [5.41, 5.74) is 1.06. The van der Waals surface area contributed by atoms with Crippen molar-refractivity contribution in [3.63, 3.8) is 0 Å². The average molecular weight is 285 g/mol. The summed E-state index contributed by atoms with van der Waals surface area (Å²) in [6.07, 6.45) is 4.03. The van der Waals surface area contributed by atoms with Gasteiger partial charge in [0.05, 0.1) is 0 Å². The Kier molecular flexibility index (Phi) is 4.97. The first kappa shape index (κ1) is 15.5. The molecule has 0 unspecified atom stereocenters. The van der Waals surface area contributed by atoms with Gasteiger partial charge in [0.2, 0.25) is 0 Å². The smallest absolute Gasteiger partial charge is 0.164 e. The molecule has 0 radical (unpaired) electrons. The fourth-order valence-corrected chi connectivity index (χ4v) is 2.42. The first-order valence-electron chi connectivity index (χ1n) is 7.39. The fraction of sp³-hybridized carbons (Fsp3) is 0.389. The molecule has 1 aromatic heterocycles. The monoisotopic (exact) mass is 285 g/mol. The van der Waals surface area contributed by atoms with Crippen LogP contribution in [-0.2, 0) is 11.2 Å². The molecule has 0 amide bonds. The molecule has 3 heteroatoms. The largest absolute Gasteiger partial charge is 0.383 e. The second-order valence-corrected chi connectivity index (χ2v) is 6.03. The lowest BCUT2D eigenvalue weighted by Crippen LogP contribution is -2.32. The molecule has 2 aromatic rings. The Hall–Kier alpha value is -1.87. The molecule has 0 aliphatic heterocycles. The van der Waals surface area contributed by atoms with Gasteiger partial charge in [0, 0.05) is 24.2 Å². The highest BCUT2D eigenvalue weighted by Gasteiger charge is 2.27. The number of benzene rings is 1. The number of aromatic amines is 1. The molecule has 1 heterocycles. The van der Waals surface area contributed by atoms with Crippen molar-refractivity contribution in [2.75, 3.05) is 0 Å². The highest BCUT2D eigenvalue weighted by Crippen LogP contribution is 2.26. The van der Waals surface area contributed by atoms with Gasteiger partial charge in [-0.1, -0.05) is 30.3 Å². The van der Waals surface area contributed by atoms with Crippen molar-refractivity contribution in [1.29, 1.82) is 0 Å². The van der Waals surface area contributed by atoms with Gasteiger partial charge < -0.3 is 10.1 Å². The van der Waals surface area contributed by atoms with Crippen LogP contribution in [-0.4, -0.2) is 21.5 Å². The van der Waals surface area contributed by atoms with E-state index in [1.165, 1.54) is 5.56 Å². The Morgan fingerprint density at radius 3 is 2.48 bits per heavy atom. The van der Waals surface area contributed by atoms with E-state index in [1.54, 1.807) is 13.8 Å². The van der Waals surface area contributed by atoms with Crippen LogP contribution in [0, 0.1) is 0 Å². The van der Waals surface area contributed by atoms with Gasteiger partial charge in [0.25, 0.3) is 0 Å². The zero-order valence-electron chi connectivity index (χ0n) is 12.7. The third kappa shape index (κ3) is 4.57. The van der Waals surface area contributed by atoms with E-state index in [9.17, 15) is 9.90 Å². The lowest BCUT2D eigenvalue weighted by atomic mass is 9.87. The molecule has 0 bridgehead atoms. The third-order valence-electron chi connectivity index (χ3n) is 3.80. The molecule has 21 heavy (non-hydrogen) atoms. The van der Waals surface area contributed by atoms with Gasteiger partial charge in [-0.2, -0.15) is 0 Å². The molecule has 3 nitrogen and oxygen atoms in total. The van der Waals surface area contributed by atoms with E-state index >= 15 is 0 Å². The van der Waals surface area contributed by atoms with Crippen molar-refractivity contribution >= 4 is 5.78 Å². The van der Waals surface area contributed by atoms with Gasteiger partial charge in [-0.3, -0.25) is 4.79 Å². The molecule has 0 spiro atoms. The van der Waals surface area contributed by atoms with Crippen molar-refractivity contribution in [2.45, 2.75) is 44.6 Å². The number of aromatic nitrogens is 1. The number of aryl methyl sites for hydroxylation is 1. The van der Waals surface area contributed by atoms with Crippen LogP contribution in [0.4, 0.5) is 0 Å². The van der Waals surface area contributed by atoms with Crippen LogP contribution < -0.4 is 0 Å². The molecule has 2 N–H and O–H groups in total. The molecule has 0 fully saturated rings. The molecule has 1 atom stereocenters. The summed E-state index contributed by atoms with van der Waals surface area (Å²) in [4.78, 5) is 15.3. The van der Waals surface area contributed by atoms with Crippen molar-refractivity contribution in [2.24, 2.45) is 0 Å². The van der Waals surface area contributed by atoms with Crippen LogP contribution in [0.15, 0.2) is 48.7 Å². The van der Waals surface area contributed by atoms with Crippen LogP contribution in [0.5, 0.6) is 0 Å².